The molecule has 148 valence electrons. The number of ether oxygens (including phenoxy) is 1. The van der Waals surface area contributed by atoms with Crippen LogP contribution in [0.5, 0.6) is 0 Å². The first-order chi connectivity index (χ1) is 13.8. The molecule has 2 aromatic rings. The smallest absolute Gasteiger partial charge is 0.410 e. The molecule has 1 unspecified atom stereocenters. The van der Waals surface area contributed by atoms with Crippen LogP contribution in [0.2, 0.25) is 0 Å². The van der Waals surface area contributed by atoms with Crippen LogP contribution in [0.1, 0.15) is 62.1 Å². The lowest BCUT2D eigenvalue weighted by atomic mass is 9.97. The summed E-state index contributed by atoms with van der Waals surface area (Å²) in [5, 5.41) is 3.53. The Kier molecular flexibility index (Phi) is 6.10. The van der Waals surface area contributed by atoms with Crippen molar-refractivity contribution in [3.8, 4) is 0 Å². The Morgan fingerprint density at radius 3 is 2.57 bits per heavy atom. The lowest BCUT2D eigenvalue weighted by molar-refractivity contribution is 0.0678. The molecule has 5 nitrogen and oxygen atoms in total. The predicted molar refractivity (Wildman–Crippen MR) is 110 cm³/mol. The molecule has 1 N–H and O–H groups in total. The van der Waals surface area contributed by atoms with Crippen LogP contribution in [0.25, 0.3) is 0 Å². The predicted octanol–water partition coefficient (Wildman–Crippen LogP) is 5.30. The highest BCUT2D eigenvalue weighted by Gasteiger charge is 2.29. The molecule has 2 aliphatic rings. The monoisotopic (exact) mass is 379 g/mol. The second kappa shape index (κ2) is 9.09. The Balaban J connectivity index is 1.39. The minimum absolute atomic E-state index is 0.0463. The molecule has 28 heavy (non-hydrogen) atoms. The van der Waals surface area contributed by atoms with E-state index in [9.17, 15) is 4.79 Å². The minimum atomic E-state index is -0.235. The molecule has 5 heteroatoms. The molecule has 4 rings (SSSR count). The molecule has 1 aliphatic carbocycles. The summed E-state index contributed by atoms with van der Waals surface area (Å²) in [6, 6.07) is 14.6. The minimum Gasteiger partial charge on any atom is -0.445 e. The van der Waals surface area contributed by atoms with Crippen LogP contribution in [0, 0.1) is 0 Å². The highest BCUT2D eigenvalue weighted by atomic mass is 16.6. The van der Waals surface area contributed by atoms with Crippen LogP contribution in [-0.2, 0) is 11.3 Å². The first-order valence-corrected chi connectivity index (χ1v) is 10.5. The van der Waals surface area contributed by atoms with Gasteiger partial charge in [0, 0.05) is 18.8 Å². The van der Waals surface area contributed by atoms with E-state index in [2.05, 4.69) is 22.4 Å². The number of rotatable bonds is 5. The largest absolute Gasteiger partial charge is 0.445 e. The Morgan fingerprint density at radius 1 is 1.04 bits per heavy atom. The zero-order valence-electron chi connectivity index (χ0n) is 16.3. The fourth-order valence-corrected chi connectivity index (χ4v) is 4.27. The van der Waals surface area contributed by atoms with E-state index in [0.29, 0.717) is 12.6 Å². The zero-order chi connectivity index (χ0) is 19.2. The number of carbonyl (C=O) groups is 1. The number of anilines is 1. The van der Waals surface area contributed by atoms with Crippen LogP contribution in [0.15, 0.2) is 48.7 Å². The molecule has 1 saturated heterocycles. The number of hydrogen-bond donors (Lipinski definition) is 1. The van der Waals surface area contributed by atoms with Gasteiger partial charge in [-0.3, -0.25) is 0 Å². The number of pyridine rings is 1. The molecule has 0 radical (unpaired) electrons. The standard InChI is InChI=1S/C23H29N3O2/c27-23(28-17-18-8-2-1-3-9-18)26-15-7-6-12-21(26)19-13-14-22(24-16-19)25-20-10-4-5-11-20/h1-3,8-9,13-14,16,20-21H,4-7,10-12,15,17H2,(H,24,25). The van der Waals surface area contributed by atoms with Crippen molar-refractivity contribution >= 4 is 11.9 Å². The third-order valence-corrected chi connectivity index (χ3v) is 5.82. The Hall–Kier alpha value is -2.56. The molecule has 1 aromatic carbocycles. The number of carbonyl (C=O) groups excluding carboxylic acids is 1. The Morgan fingerprint density at radius 2 is 1.82 bits per heavy atom. The van der Waals surface area contributed by atoms with Crippen LogP contribution in [0.3, 0.4) is 0 Å². The van der Waals surface area contributed by atoms with Crippen molar-refractivity contribution in [3.05, 3.63) is 59.8 Å². The number of nitrogens with zero attached hydrogens (tertiary/aromatic N) is 2. The third kappa shape index (κ3) is 4.64. The zero-order valence-corrected chi connectivity index (χ0v) is 16.3. The van der Waals surface area contributed by atoms with E-state index in [1.807, 2.05) is 41.4 Å². The summed E-state index contributed by atoms with van der Waals surface area (Å²) < 4.78 is 5.59. The first-order valence-electron chi connectivity index (χ1n) is 10.5. The van der Waals surface area contributed by atoms with Gasteiger partial charge in [-0.2, -0.15) is 0 Å². The van der Waals surface area contributed by atoms with Crippen LogP contribution in [-0.4, -0.2) is 28.6 Å². The summed E-state index contributed by atoms with van der Waals surface area (Å²) in [5.74, 6) is 0.935. The summed E-state index contributed by atoms with van der Waals surface area (Å²) >= 11 is 0. The molecule has 0 spiro atoms. The lowest BCUT2D eigenvalue weighted by Gasteiger charge is -2.35. The van der Waals surface area contributed by atoms with Gasteiger partial charge in [0.1, 0.15) is 12.4 Å². The molecule has 1 amide bonds. The van der Waals surface area contributed by atoms with Crippen LogP contribution >= 0.6 is 0 Å². The maximum atomic E-state index is 12.7. The topological polar surface area (TPSA) is 54.5 Å². The molecular formula is C23H29N3O2. The summed E-state index contributed by atoms with van der Waals surface area (Å²) in [6.45, 7) is 1.05. The maximum absolute atomic E-state index is 12.7. The van der Waals surface area contributed by atoms with Crippen molar-refractivity contribution in [3.63, 3.8) is 0 Å². The first kappa shape index (κ1) is 18.8. The van der Waals surface area contributed by atoms with Crippen molar-refractivity contribution in [2.24, 2.45) is 0 Å². The second-order valence-electron chi connectivity index (χ2n) is 7.85. The Labute approximate surface area is 167 Å². The van der Waals surface area contributed by atoms with Crippen molar-refractivity contribution in [1.82, 2.24) is 9.88 Å². The maximum Gasteiger partial charge on any atom is 0.410 e. The van der Waals surface area contributed by atoms with Gasteiger partial charge in [0.2, 0.25) is 0 Å². The molecule has 1 aromatic heterocycles. The van der Waals surface area contributed by atoms with E-state index in [1.54, 1.807) is 0 Å². The van der Waals surface area contributed by atoms with Crippen LogP contribution in [0.4, 0.5) is 10.6 Å². The summed E-state index contributed by atoms with van der Waals surface area (Å²) in [6.07, 6.45) is 9.85. The van der Waals surface area contributed by atoms with Crippen LogP contribution < -0.4 is 5.32 Å². The molecule has 2 fully saturated rings. The lowest BCUT2D eigenvalue weighted by Crippen LogP contribution is -2.38. The van der Waals surface area contributed by atoms with E-state index in [1.165, 1.54) is 25.7 Å². The number of aromatic nitrogens is 1. The van der Waals surface area contributed by atoms with Gasteiger partial charge in [-0.1, -0.05) is 49.2 Å². The fraction of sp³-hybridized carbons (Fsp3) is 0.478. The van der Waals surface area contributed by atoms with Gasteiger partial charge in [0.15, 0.2) is 0 Å². The van der Waals surface area contributed by atoms with E-state index in [0.717, 1.165) is 42.8 Å². The van der Waals surface area contributed by atoms with E-state index in [4.69, 9.17) is 4.74 Å². The molecule has 2 heterocycles. The van der Waals surface area contributed by atoms with Gasteiger partial charge in [-0.05, 0) is 49.3 Å². The summed E-state index contributed by atoms with van der Waals surface area (Å²) in [4.78, 5) is 19.2. The SMILES string of the molecule is O=C(OCc1ccccc1)N1CCCCC1c1ccc(NC2CCCC2)nc1. The molecule has 0 bridgehead atoms. The van der Waals surface area contributed by atoms with Crippen molar-refractivity contribution in [1.29, 1.82) is 0 Å². The number of likely N-dealkylation sites (tertiary alicyclic amines) is 1. The molecule has 1 aliphatic heterocycles. The van der Waals surface area contributed by atoms with Gasteiger partial charge < -0.3 is 15.0 Å². The number of benzene rings is 1. The highest BCUT2D eigenvalue weighted by Crippen LogP contribution is 2.32. The van der Waals surface area contributed by atoms with E-state index in [-0.39, 0.29) is 12.1 Å². The van der Waals surface area contributed by atoms with Crippen molar-refractivity contribution in [2.45, 2.75) is 63.6 Å². The number of amides is 1. The third-order valence-electron chi connectivity index (χ3n) is 5.82. The van der Waals surface area contributed by atoms with Crippen molar-refractivity contribution < 1.29 is 9.53 Å². The quantitative estimate of drug-likeness (QED) is 0.766. The van der Waals surface area contributed by atoms with Gasteiger partial charge >= 0.3 is 6.09 Å². The molecule has 1 saturated carbocycles. The van der Waals surface area contributed by atoms with Gasteiger partial charge in [-0.25, -0.2) is 9.78 Å². The van der Waals surface area contributed by atoms with Gasteiger partial charge in [0.05, 0.1) is 6.04 Å². The Bertz CT molecular complexity index is 757. The second-order valence-corrected chi connectivity index (χ2v) is 7.85. The number of piperidine rings is 1. The summed E-state index contributed by atoms with van der Waals surface area (Å²) in [7, 11) is 0. The van der Waals surface area contributed by atoms with Gasteiger partial charge in [0.25, 0.3) is 0 Å². The number of hydrogen-bond acceptors (Lipinski definition) is 4. The fourth-order valence-electron chi connectivity index (χ4n) is 4.27. The van der Waals surface area contributed by atoms with E-state index < -0.39 is 0 Å². The average Bonchev–Trinajstić information content (AvgIpc) is 3.26. The number of nitrogens with one attached hydrogen (secondary N) is 1. The highest BCUT2D eigenvalue weighted by molar-refractivity contribution is 5.68. The van der Waals surface area contributed by atoms with Gasteiger partial charge in [-0.15, -0.1) is 0 Å². The molecule has 1 atom stereocenters. The normalized spacial score (nSPS) is 20.1. The van der Waals surface area contributed by atoms with Crippen molar-refractivity contribution in [2.75, 3.05) is 11.9 Å². The van der Waals surface area contributed by atoms with E-state index >= 15 is 0 Å². The molecular weight excluding hydrogens is 350 g/mol. The summed E-state index contributed by atoms with van der Waals surface area (Å²) in [5.41, 5.74) is 2.10. The average molecular weight is 380 g/mol.